The van der Waals surface area contributed by atoms with E-state index in [9.17, 15) is 24.3 Å². The van der Waals surface area contributed by atoms with Gasteiger partial charge in [-0.25, -0.2) is 0 Å². The van der Waals surface area contributed by atoms with Crippen LogP contribution in [-0.2, 0) is 35.1 Å². The first-order chi connectivity index (χ1) is 17.5. The second kappa shape index (κ2) is 14.5. The summed E-state index contributed by atoms with van der Waals surface area (Å²) in [6.07, 6.45) is 4.30. The summed E-state index contributed by atoms with van der Waals surface area (Å²) in [5.74, 6) is -3.02. The van der Waals surface area contributed by atoms with Crippen molar-refractivity contribution in [1.82, 2.24) is 10.6 Å². The van der Waals surface area contributed by atoms with Gasteiger partial charge in [-0.3, -0.25) is 19.2 Å². The Morgan fingerprint density at radius 3 is 2.38 bits per heavy atom. The van der Waals surface area contributed by atoms with E-state index in [0.717, 1.165) is 5.56 Å². The van der Waals surface area contributed by atoms with Crippen molar-refractivity contribution in [1.29, 1.82) is 0 Å². The second-order valence-electron chi connectivity index (χ2n) is 10.5. The first kappa shape index (κ1) is 30.0. The molecule has 37 heavy (non-hydrogen) atoms. The summed E-state index contributed by atoms with van der Waals surface area (Å²) >= 11 is 0. The van der Waals surface area contributed by atoms with Crippen molar-refractivity contribution in [2.24, 2.45) is 11.8 Å². The molecule has 0 unspecified atom stereocenters. The molecule has 9 nitrogen and oxygen atoms in total. The number of carbonyl (C=O) groups excluding carboxylic acids is 4. The SMILES string of the molecule is C[C@H]1COC(=O)[C@H](CC(=O)OC(C)(C)C)C/C=C\C[C@@H](CC(=O)N[C@@H](CO)Cc2ccccc2)C(=O)N1. The normalized spacial score (nSPS) is 22.9. The van der Waals surface area contributed by atoms with Crippen LogP contribution >= 0.6 is 0 Å². The minimum atomic E-state index is -0.710. The molecular formula is C28H40N2O7. The minimum Gasteiger partial charge on any atom is -0.463 e. The predicted octanol–water partition coefficient (Wildman–Crippen LogP) is 2.46. The molecule has 2 rings (SSSR count). The Morgan fingerprint density at radius 1 is 1.11 bits per heavy atom. The summed E-state index contributed by atoms with van der Waals surface area (Å²) in [6, 6.07) is 8.58. The number of amides is 2. The Morgan fingerprint density at radius 2 is 1.76 bits per heavy atom. The van der Waals surface area contributed by atoms with Crippen LogP contribution in [0, 0.1) is 11.8 Å². The number of hydrogen-bond acceptors (Lipinski definition) is 7. The minimum absolute atomic E-state index is 0.0539. The molecule has 1 aromatic rings. The average molecular weight is 517 g/mol. The molecular weight excluding hydrogens is 476 g/mol. The van der Waals surface area contributed by atoms with Crippen LogP contribution in [0.3, 0.4) is 0 Å². The lowest BCUT2D eigenvalue weighted by atomic mass is 9.96. The molecule has 0 aromatic heterocycles. The van der Waals surface area contributed by atoms with Crippen molar-refractivity contribution in [3.63, 3.8) is 0 Å². The van der Waals surface area contributed by atoms with Gasteiger partial charge in [0.2, 0.25) is 11.8 Å². The van der Waals surface area contributed by atoms with E-state index in [1.54, 1.807) is 39.8 Å². The van der Waals surface area contributed by atoms with E-state index in [4.69, 9.17) is 9.47 Å². The molecule has 0 saturated carbocycles. The molecule has 1 aliphatic rings. The lowest BCUT2D eigenvalue weighted by Crippen LogP contribution is -2.44. The van der Waals surface area contributed by atoms with E-state index in [-0.39, 0.29) is 50.7 Å². The number of carbonyl (C=O) groups is 4. The van der Waals surface area contributed by atoms with Crippen molar-refractivity contribution in [2.75, 3.05) is 13.2 Å². The van der Waals surface area contributed by atoms with Crippen molar-refractivity contribution in [3.05, 3.63) is 48.0 Å². The first-order valence-electron chi connectivity index (χ1n) is 12.7. The van der Waals surface area contributed by atoms with Crippen LogP contribution in [0.15, 0.2) is 42.5 Å². The Labute approximate surface area is 219 Å². The fraction of sp³-hybridized carbons (Fsp3) is 0.571. The van der Waals surface area contributed by atoms with Crippen LogP contribution in [-0.4, -0.2) is 59.8 Å². The molecule has 9 heteroatoms. The van der Waals surface area contributed by atoms with Gasteiger partial charge in [0.15, 0.2) is 0 Å². The van der Waals surface area contributed by atoms with Gasteiger partial charge in [-0.05, 0) is 52.5 Å². The van der Waals surface area contributed by atoms with Crippen LogP contribution in [0.25, 0.3) is 0 Å². The van der Waals surface area contributed by atoms with E-state index in [1.165, 1.54) is 0 Å². The molecule has 3 N–H and O–H groups in total. The number of aliphatic hydroxyl groups excluding tert-OH is 1. The second-order valence-corrected chi connectivity index (χ2v) is 10.5. The molecule has 0 saturated heterocycles. The van der Waals surface area contributed by atoms with Crippen LogP contribution in [0.1, 0.15) is 58.9 Å². The Bertz CT molecular complexity index is 940. The maximum Gasteiger partial charge on any atom is 0.309 e. The molecule has 0 spiro atoms. The molecule has 204 valence electrons. The molecule has 0 radical (unpaired) electrons. The zero-order valence-corrected chi connectivity index (χ0v) is 22.2. The van der Waals surface area contributed by atoms with Crippen molar-refractivity contribution < 1.29 is 33.8 Å². The molecule has 1 aromatic carbocycles. The quantitative estimate of drug-likeness (QED) is 0.357. The Hall–Kier alpha value is -3.20. The van der Waals surface area contributed by atoms with Crippen molar-refractivity contribution >= 4 is 23.8 Å². The summed E-state index contributed by atoms with van der Waals surface area (Å²) in [6.45, 7) is 6.70. The Balaban J connectivity index is 2.04. The number of nitrogens with one attached hydrogen (secondary N) is 2. The summed E-state index contributed by atoms with van der Waals surface area (Å²) < 4.78 is 10.7. The maximum atomic E-state index is 12.9. The predicted molar refractivity (Wildman–Crippen MR) is 138 cm³/mol. The number of cyclic esters (lactones) is 1. The highest BCUT2D eigenvalue weighted by molar-refractivity contribution is 5.86. The van der Waals surface area contributed by atoms with E-state index >= 15 is 0 Å². The first-order valence-corrected chi connectivity index (χ1v) is 12.7. The van der Waals surface area contributed by atoms with Gasteiger partial charge in [-0.1, -0.05) is 42.5 Å². The molecule has 2 amide bonds. The molecule has 0 fully saturated rings. The molecule has 1 heterocycles. The number of allylic oxidation sites excluding steroid dienone is 2. The highest BCUT2D eigenvalue weighted by atomic mass is 16.6. The van der Waals surface area contributed by atoms with Gasteiger partial charge in [0.05, 0.1) is 36.9 Å². The number of rotatable bonds is 8. The van der Waals surface area contributed by atoms with Crippen LogP contribution in [0.2, 0.25) is 0 Å². The van der Waals surface area contributed by atoms with Gasteiger partial charge < -0.3 is 25.2 Å². The third kappa shape index (κ3) is 11.6. The highest BCUT2D eigenvalue weighted by Gasteiger charge is 2.28. The highest BCUT2D eigenvalue weighted by Crippen LogP contribution is 2.19. The van der Waals surface area contributed by atoms with E-state index < -0.39 is 41.5 Å². The zero-order chi connectivity index (χ0) is 27.4. The van der Waals surface area contributed by atoms with Gasteiger partial charge in [0, 0.05) is 6.42 Å². The smallest absolute Gasteiger partial charge is 0.309 e. The molecule has 1 aliphatic heterocycles. The summed E-state index contributed by atoms with van der Waals surface area (Å²) in [7, 11) is 0. The fourth-order valence-corrected chi connectivity index (χ4v) is 3.95. The van der Waals surface area contributed by atoms with Gasteiger partial charge in [-0.2, -0.15) is 0 Å². The third-order valence-electron chi connectivity index (χ3n) is 5.75. The van der Waals surface area contributed by atoms with Crippen LogP contribution in [0.5, 0.6) is 0 Å². The maximum absolute atomic E-state index is 12.9. The van der Waals surface area contributed by atoms with Gasteiger partial charge in [-0.15, -0.1) is 0 Å². The zero-order valence-electron chi connectivity index (χ0n) is 22.2. The van der Waals surface area contributed by atoms with E-state index in [1.807, 2.05) is 30.3 Å². The molecule has 4 atom stereocenters. The van der Waals surface area contributed by atoms with Gasteiger partial charge in [0.25, 0.3) is 0 Å². The van der Waals surface area contributed by atoms with Gasteiger partial charge >= 0.3 is 11.9 Å². The number of benzene rings is 1. The lowest BCUT2D eigenvalue weighted by molar-refractivity contribution is -0.161. The summed E-state index contributed by atoms with van der Waals surface area (Å²) in [5, 5.41) is 15.3. The lowest BCUT2D eigenvalue weighted by Gasteiger charge is -2.23. The standard InChI is InChI=1S/C28H40N2O7/c1-19-18-36-27(35)22(16-25(33)37-28(2,3)4)13-9-8-12-21(26(34)29-19)15-24(32)30-23(17-31)14-20-10-6-5-7-11-20/h5-11,19,21-23,31H,12-18H2,1-4H3,(H,29,34)(H,30,32)/b9-8-/t19-,21-,22-,23+/m0/s1. The molecule has 0 aliphatic carbocycles. The van der Waals surface area contributed by atoms with Crippen LogP contribution < -0.4 is 10.6 Å². The average Bonchev–Trinajstić information content (AvgIpc) is 2.82. The van der Waals surface area contributed by atoms with Crippen LogP contribution in [0.4, 0.5) is 0 Å². The number of hydrogen-bond donors (Lipinski definition) is 3. The Kier molecular flexibility index (Phi) is 11.8. The van der Waals surface area contributed by atoms with E-state index in [2.05, 4.69) is 10.6 Å². The van der Waals surface area contributed by atoms with Crippen molar-refractivity contribution in [3.8, 4) is 0 Å². The fourth-order valence-electron chi connectivity index (χ4n) is 3.95. The topological polar surface area (TPSA) is 131 Å². The van der Waals surface area contributed by atoms with Crippen molar-refractivity contribution in [2.45, 2.75) is 77.5 Å². The third-order valence-corrected chi connectivity index (χ3v) is 5.75. The number of esters is 2. The largest absolute Gasteiger partial charge is 0.463 e. The number of ether oxygens (including phenoxy) is 2. The van der Waals surface area contributed by atoms with Gasteiger partial charge in [0.1, 0.15) is 12.2 Å². The van der Waals surface area contributed by atoms with E-state index in [0.29, 0.717) is 6.42 Å². The molecule has 0 bridgehead atoms. The number of aliphatic hydroxyl groups is 1. The monoisotopic (exact) mass is 516 g/mol. The summed E-state index contributed by atoms with van der Waals surface area (Å²) in [4.78, 5) is 50.5. The summed E-state index contributed by atoms with van der Waals surface area (Å²) in [5.41, 5.74) is 0.322.